The fourth-order valence-electron chi connectivity index (χ4n) is 4.14. The molecule has 0 bridgehead atoms. The van der Waals surface area contributed by atoms with Crippen LogP contribution in [0.15, 0.2) is 47.4 Å². The van der Waals surface area contributed by atoms with Crippen molar-refractivity contribution >= 4 is 27.5 Å². The van der Waals surface area contributed by atoms with Crippen LogP contribution in [0.1, 0.15) is 18.4 Å². The normalized spacial score (nSPS) is 19.7. The van der Waals surface area contributed by atoms with Gasteiger partial charge >= 0.3 is 0 Å². The minimum absolute atomic E-state index is 0.0684. The summed E-state index contributed by atoms with van der Waals surface area (Å²) in [6, 6.07) is 11.6. The van der Waals surface area contributed by atoms with E-state index < -0.39 is 16.0 Å². The highest BCUT2D eigenvalue weighted by Gasteiger charge is 2.24. The van der Waals surface area contributed by atoms with Crippen molar-refractivity contribution < 1.29 is 17.6 Å². The smallest absolute Gasteiger partial charge is 0.179 e. The van der Waals surface area contributed by atoms with Gasteiger partial charge in [-0.1, -0.05) is 12.1 Å². The van der Waals surface area contributed by atoms with E-state index in [2.05, 4.69) is 15.5 Å². The molecule has 0 aromatic heterocycles. The minimum atomic E-state index is -3.40. The molecule has 2 heterocycles. The second kappa shape index (κ2) is 8.73. The molecular formula is C22H26FN3O3S. The number of likely N-dealkylation sites (tertiary alicyclic amines) is 1. The number of hydrogen-bond acceptors (Lipinski definition) is 6. The Morgan fingerprint density at radius 1 is 1.03 bits per heavy atom. The molecule has 2 aromatic rings. The van der Waals surface area contributed by atoms with Crippen LogP contribution in [-0.2, 0) is 21.1 Å². The second-order valence-corrected chi connectivity index (χ2v) is 10.2. The maximum atomic E-state index is 13.0. The first-order valence-electron chi connectivity index (χ1n) is 10.2. The van der Waals surface area contributed by atoms with Gasteiger partial charge in [-0.25, -0.2) is 12.8 Å². The topological polar surface area (TPSA) is 78.5 Å². The monoisotopic (exact) mass is 431 g/mol. The molecule has 2 aliphatic rings. The molecule has 1 atom stereocenters. The predicted molar refractivity (Wildman–Crippen MR) is 115 cm³/mol. The Morgan fingerprint density at radius 2 is 1.73 bits per heavy atom. The molecule has 8 heteroatoms. The molecule has 2 aromatic carbocycles. The molecule has 30 heavy (non-hydrogen) atoms. The molecule has 1 saturated heterocycles. The van der Waals surface area contributed by atoms with Crippen LogP contribution in [0.2, 0.25) is 0 Å². The zero-order chi connectivity index (χ0) is 21.1. The van der Waals surface area contributed by atoms with Gasteiger partial charge in [-0.2, -0.15) is 0 Å². The van der Waals surface area contributed by atoms with E-state index in [-0.39, 0.29) is 16.5 Å². The van der Waals surface area contributed by atoms with Crippen molar-refractivity contribution in [3.63, 3.8) is 0 Å². The third kappa shape index (κ3) is 4.82. The molecule has 2 aliphatic heterocycles. The summed E-state index contributed by atoms with van der Waals surface area (Å²) >= 11 is 0. The van der Waals surface area contributed by atoms with E-state index in [1.165, 1.54) is 12.1 Å². The van der Waals surface area contributed by atoms with Crippen molar-refractivity contribution in [3.05, 3.63) is 53.8 Å². The molecule has 6 nitrogen and oxygen atoms in total. The number of aldehydes is 1. The maximum absolute atomic E-state index is 13.0. The number of rotatable bonds is 7. The number of piperidine rings is 1. The fourth-order valence-corrected chi connectivity index (χ4v) is 5.44. The van der Waals surface area contributed by atoms with Crippen molar-refractivity contribution in [1.29, 1.82) is 0 Å². The van der Waals surface area contributed by atoms with E-state index in [9.17, 15) is 17.6 Å². The number of sulfone groups is 1. The van der Waals surface area contributed by atoms with Crippen molar-refractivity contribution in [1.82, 2.24) is 4.90 Å². The van der Waals surface area contributed by atoms with E-state index >= 15 is 0 Å². The summed E-state index contributed by atoms with van der Waals surface area (Å²) in [6.07, 6.45) is 3.19. The Bertz CT molecular complexity index is 1000. The number of fused-ring (bicyclic) bond motifs is 1. The molecule has 0 saturated carbocycles. The van der Waals surface area contributed by atoms with Crippen molar-refractivity contribution in [2.75, 3.05) is 36.0 Å². The average molecular weight is 432 g/mol. The van der Waals surface area contributed by atoms with Gasteiger partial charge in [0.2, 0.25) is 0 Å². The Balaban J connectivity index is 1.28. The summed E-state index contributed by atoms with van der Waals surface area (Å²) in [7, 11) is -3.40. The molecule has 1 unspecified atom stereocenters. The second-order valence-electron chi connectivity index (χ2n) is 8.04. The maximum Gasteiger partial charge on any atom is 0.179 e. The van der Waals surface area contributed by atoms with Gasteiger partial charge in [-0.15, -0.1) is 0 Å². The molecule has 0 amide bonds. The van der Waals surface area contributed by atoms with Gasteiger partial charge in [-0.3, -0.25) is 4.79 Å². The SMILES string of the molecule is O=CC1Nc2ccc(S(=O)(=O)CCN3CCC(Cc4ccc(F)cc4)CC3)cc2N1. The van der Waals surface area contributed by atoms with E-state index in [0.29, 0.717) is 18.2 Å². The van der Waals surface area contributed by atoms with Gasteiger partial charge in [0, 0.05) is 6.54 Å². The van der Waals surface area contributed by atoms with Crippen LogP contribution in [0, 0.1) is 11.7 Å². The van der Waals surface area contributed by atoms with Crippen LogP contribution >= 0.6 is 0 Å². The molecule has 1 fully saturated rings. The zero-order valence-electron chi connectivity index (χ0n) is 16.7. The first-order chi connectivity index (χ1) is 14.4. The summed E-state index contributed by atoms with van der Waals surface area (Å²) in [4.78, 5) is 13.4. The summed E-state index contributed by atoms with van der Waals surface area (Å²) < 4.78 is 38.6. The highest BCUT2D eigenvalue weighted by Crippen LogP contribution is 2.31. The minimum Gasteiger partial charge on any atom is -0.358 e. The van der Waals surface area contributed by atoms with Gasteiger partial charge in [0.05, 0.1) is 22.0 Å². The zero-order valence-corrected chi connectivity index (χ0v) is 17.5. The largest absolute Gasteiger partial charge is 0.358 e. The highest BCUT2D eigenvalue weighted by atomic mass is 32.2. The predicted octanol–water partition coefficient (Wildman–Crippen LogP) is 2.92. The summed E-state index contributed by atoms with van der Waals surface area (Å²) in [5, 5.41) is 5.92. The van der Waals surface area contributed by atoms with Gasteiger partial charge in [0.1, 0.15) is 5.82 Å². The van der Waals surface area contributed by atoms with Crippen molar-refractivity contribution in [3.8, 4) is 0 Å². The number of carbonyl (C=O) groups is 1. The Labute approximate surface area is 176 Å². The standard InChI is InChI=1S/C22H26FN3O3S/c23-18-3-1-16(2-4-18)13-17-7-9-26(10-8-17)11-12-30(28,29)19-5-6-20-21(14-19)25-22(15-27)24-20/h1-6,14-15,17,22,24-25H,7-13H2. The van der Waals surface area contributed by atoms with Crippen molar-refractivity contribution in [2.45, 2.75) is 30.3 Å². The molecule has 0 spiro atoms. The van der Waals surface area contributed by atoms with Crippen LogP contribution < -0.4 is 10.6 Å². The number of nitrogens with one attached hydrogen (secondary N) is 2. The van der Waals surface area contributed by atoms with Crippen LogP contribution in [0.5, 0.6) is 0 Å². The highest BCUT2D eigenvalue weighted by molar-refractivity contribution is 7.91. The van der Waals surface area contributed by atoms with Crippen LogP contribution in [-0.4, -0.2) is 51.2 Å². The van der Waals surface area contributed by atoms with Crippen LogP contribution in [0.25, 0.3) is 0 Å². The first-order valence-corrected chi connectivity index (χ1v) is 11.9. The molecule has 4 rings (SSSR count). The average Bonchev–Trinajstić information content (AvgIpc) is 3.17. The number of nitrogens with zero attached hydrogens (tertiary/aromatic N) is 1. The Morgan fingerprint density at radius 3 is 2.43 bits per heavy atom. The van der Waals surface area contributed by atoms with E-state index in [4.69, 9.17) is 0 Å². The first kappa shape index (κ1) is 20.8. The van der Waals surface area contributed by atoms with Gasteiger partial charge in [0.15, 0.2) is 22.3 Å². The van der Waals surface area contributed by atoms with Gasteiger partial charge < -0.3 is 15.5 Å². The van der Waals surface area contributed by atoms with Crippen LogP contribution in [0.3, 0.4) is 0 Å². The molecule has 0 aliphatic carbocycles. The number of hydrogen-bond donors (Lipinski definition) is 2. The van der Waals surface area contributed by atoms with Gasteiger partial charge in [-0.05, 0) is 74.2 Å². The molecule has 2 N–H and O–H groups in total. The lowest BCUT2D eigenvalue weighted by Gasteiger charge is -2.32. The lowest BCUT2D eigenvalue weighted by Crippen LogP contribution is -2.37. The van der Waals surface area contributed by atoms with Crippen molar-refractivity contribution in [2.24, 2.45) is 5.92 Å². The lowest BCUT2D eigenvalue weighted by atomic mass is 9.90. The molecular weight excluding hydrogens is 405 g/mol. The Hall–Kier alpha value is -2.45. The number of anilines is 2. The fraction of sp³-hybridized carbons (Fsp3) is 0.409. The molecule has 0 radical (unpaired) electrons. The third-order valence-electron chi connectivity index (χ3n) is 5.93. The molecule has 160 valence electrons. The Kier molecular flexibility index (Phi) is 6.06. The van der Waals surface area contributed by atoms with Crippen LogP contribution in [0.4, 0.5) is 15.8 Å². The summed E-state index contributed by atoms with van der Waals surface area (Å²) in [5.74, 6) is 0.400. The third-order valence-corrected chi connectivity index (χ3v) is 7.62. The van der Waals surface area contributed by atoms with E-state index in [1.54, 1.807) is 18.2 Å². The number of carbonyl (C=O) groups excluding carboxylic acids is 1. The quantitative estimate of drug-likeness (QED) is 0.657. The van der Waals surface area contributed by atoms with Gasteiger partial charge in [0.25, 0.3) is 0 Å². The number of halogens is 1. The van der Waals surface area contributed by atoms with E-state index in [1.807, 2.05) is 12.1 Å². The lowest BCUT2D eigenvalue weighted by molar-refractivity contribution is -0.107. The summed E-state index contributed by atoms with van der Waals surface area (Å²) in [6.45, 7) is 2.25. The van der Waals surface area contributed by atoms with E-state index in [0.717, 1.165) is 49.9 Å². The number of benzene rings is 2. The summed E-state index contributed by atoms with van der Waals surface area (Å²) in [5.41, 5.74) is 2.51.